The van der Waals surface area contributed by atoms with Gasteiger partial charge in [-0.3, -0.25) is 10.1 Å². The summed E-state index contributed by atoms with van der Waals surface area (Å²) >= 11 is 1.74. The molecule has 0 amide bonds. The molecule has 0 aliphatic carbocycles. The first-order valence-corrected chi connectivity index (χ1v) is 8.23. The number of nitrogens with one attached hydrogen (secondary N) is 1. The van der Waals surface area contributed by atoms with E-state index in [2.05, 4.69) is 35.4 Å². The summed E-state index contributed by atoms with van der Waals surface area (Å²) in [6, 6.07) is 12.2. The van der Waals surface area contributed by atoms with Crippen LogP contribution in [0.25, 0.3) is 10.9 Å². The first-order chi connectivity index (χ1) is 11.6. The van der Waals surface area contributed by atoms with Crippen molar-refractivity contribution in [3.63, 3.8) is 0 Å². The average molecular weight is 338 g/mol. The second-order valence-electron chi connectivity index (χ2n) is 5.20. The number of nitrogens with zero attached hydrogens (tertiary/aromatic N) is 3. The van der Waals surface area contributed by atoms with Crippen molar-refractivity contribution < 1.29 is 4.92 Å². The van der Waals surface area contributed by atoms with Gasteiger partial charge in [0.15, 0.2) is 0 Å². The first kappa shape index (κ1) is 15.9. The lowest BCUT2D eigenvalue weighted by Crippen LogP contribution is -2.01. The van der Waals surface area contributed by atoms with Gasteiger partial charge in [-0.15, -0.1) is 11.3 Å². The molecule has 0 aliphatic rings. The fourth-order valence-electron chi connectivity index (χ4n) is 2.40. The van der Waals surface area contributed by atoms with Crippen LogP contribution in [0, 0.1) is 21.4 Å². The summed E-state index contributed by atoms with van der Waals surface area (Å²) in [6.07, 6.45) is 1.01. The van der Waals surface area contributed by atoms with E-state index in [1.807, 2.05) is 0 Å². The molecule has 24 heavy (non-hydrogen) atoms. The second-order valence-corrected chi connectivity index (χ2v) is 6.45. The number of nitriles is 1. The number of non-ortho nitro benzene ring substituents is 1. The lowest BCUT2D eigenvalue weighted by molar-refractivity contribution is -0.384. The summed E-state index contributed by atoms with van der Waals surface area (Å²) in [5.74, 6) is 0.583. The van der Waals surface area contributed by atoms with Gasteiger partial charge in [0.1, 0.15) is 5.82 Å². The van der Waals surface area contributed by atoms with E-state index in [4.69, 9.17) is 0 Å². The van der Waals surface area contributed by atoms with E-state index in [-0.39, 0.29) is 5.69 Å². The predicted octanol–water partition coefficient (Wildman–Crippen LogP) is 4.25. The maximum atomic E-state index is 10.9. The quantitative estimate of drug-likeness (QED) is 0.554. The largest absolute Gasteiger partial charge is 0.365 e. The Morgan fingerprint density at radius 1 is 1.29 bits per heavy atom. The molecular formula is C17H14N4O2S. The van der Waals surface area contributed by atoms with E-state index in [1.54, 1.807) is 23.5 Å². The van der Waals surface area contributed by atoms with Gasteiger partial charge in [-0.05, 0) is 30.7 Å². The van der Waals surface area contributed by atoms with Crippen LogP contribution in [0.4, 0.5) is 11.5 Å². The number of hydrogen-bond acceptors (Lipinski definition) is 6. The highest BCUT2D eigenvalue weighted by Crippen LogP contribution is 2.25. The number of rotatable bonds is 5. The third kappa shape index (κ3) is 3.19. The summed E-state index contributed by atoms with van der Waals surface area (Å²) in [6.45, 7) is 2.74. The van der Waals surface area contributed by atoms with Crippen molar-refractivity contribution in [1.82, 2.24) is 4.98 Å². The first-order valence-electron chi connectivity index (χ1n) is 7.41. The number of anilines is 1. The van der Waals surface area contributed by atoms with Crippen molar-refractivity contribution in [1.29, 1.82) is 5.26 Å². The average Bonchev–Trinajstić information content (AvgIpc) is 3.06. The molecule has 3 rings (SSSR count). The minimum atomic E-state index is -0.477. The fraction of sp³-hybridized carbons (Fsp3) is 0.176. The van der Waals surface area contributed by atoms with E-state index in [1.165, 1.54) is 21.9 Å². The molecule has 7 heteroatoms. The van der Waals surface area contributed by atoms with E-state index in [0.29, 0.717) is 28.8 Å². The van der Waals surface area contributed by atoms with E-state index >= 15 is 0 Å². The van der Waals surface area contributed by atoms with Crippen LogP contribution < -0.4 is 5.32 Å². The van der Waals surface area contributed by atoms with Gasteiger partial charge in [-0.1, -0.05) is 6.92 Å². The molecule has 0 spiro atoms. The number of fused-ring (bicyclic) bond motifs is 1. The molecule has 0 radical (unpaired) electrons. The summed E-state index contributed by atoms with van der Waals surface area (Å²) in [4.78, 5) is 17.4. The molecule has 0 saturated carbocycles. The number of pyridine rings is 1. The Morgan fingerprint density at radius 2 is 2.08 bits per heavy atom. The van der Waals surface area contributed by atoms with Crippen molar-refractivity contribution in [3.05, 3.63) is 61.8 Å². The highest BCUT2D eigenvalue weighted by Gasteiger charge is 2.11. The number of aromatic nitrogens is 1. The topological polar surface area (TPSA) is 91.8 Å². The lowest BCUT2D eigenvalue weighted by atomic mass is 10.1. The van der Waals surface area contributed by atoms with Crippen LogP contribution in [0.15, 0.2) is 36.4 Å². The van der Waals surface area contributed by atoms with Gasteiger partial charge >= 0.3 is 0 Å². The Labute approximate surface area is 142 Å². The number of nitro benzene ring substituents is 1. The summed E-state index contributed by atoms with van der Waals surface area (Å²) in [5, 5.41) is 23.9. The Bertz CT molecular complexity index is 959. The minimum Gasteiger partial charge on any atom is -0.365 e. The number of hydrogen-bond donors (Lipinski definition) is 1. The Morgan fingerprint density at radius 3 is 2.75 bits per heavy atom. The van der Waals surface area contributed by atoms with Gasteiger partial charge in [-0.2, -0.15) is 5.26 Å². The van der Waals surface area contributed by atoms with Crippen molar-refractivity contribution >= 4 is 33.7 Å². The van der Waals surface area contributed by atoms with E-state index in [0.717, 1.165) is 6.42 Å². The molecule has 3 aromatic rings. The van der Waals surface area contributed by atoms with Gasteiger partial charge in [0.25, 0.3) is 5.69 Å². The zero-order chi connectivity index (χ0) is 17.1. The monoisotopic (exact) mass is 338 g/mol. The van der Waals surface area contributed by atoms with Crippen LogP contribution in [-0.2, 0) is 13.0 Å². The zero-order valence-corrected chi connectivity index (χ0v) is 13.8. The van der Waals surface area contributed by atoms with Crippen LogP contribution in [0.1, 0.15) is 22.2 Å². The van der Waals surface area contributed by atoms with Crippen LogP contribution in [0.2, 0.25) is 0 Å². The molecule has 0 unspecified atom stereocenters. The van der Waals surface area contributed by atoms with Gasteiger partial charge in [-0.25, -0.2) is 4.98 Å². The maximum Gasteiger partial charge on any atom is 0.270 e. The molecule has 0 saturated heterocycles. The molecule has 1 aromatic carbocycles. The van der Waals surface area contributed by atoms with E-state index in [9.17, 15) is 15.4 Å². The third-order valence-electron chi connectivity index (χ3n) is 3.63. The van der Waals surface area contributed by atoms with Gasteiger partial charge in [0, 0.05) is 27.3 Å². The molecule has 0 atom stereocenters. The standard InChI is InChI=1S/C17H14N4O2S/c1-2-13-4-5-14(24-13)10-19-17-7-11(9-18)15-8-12(21(22)23)3-6-16(15)20-17/h3-8H,2,10H2,1H3,(H,19,20). The molecular weight excluding hydrogens is 324 g/mol. The fourth-order valence-corrected chi connectivity index (χ4v) is 3.29. The summed E-state index contributed by atoms with van der Waals surface area (Å²) in [7, 11) is 0. The van der Waals surface area contributed by atoms with Crippen LogP contribution >= 0.6 is 11.3 Å². The number of nitro groups is 1. The van der Waals surface area contributed by atoms with Gasteiger partial charge in [0.05, 0.1) is 28.6 Å². The summed E-state index contributed by atoms with van der Waals surface area (Å²) < 4.78 is 0. The van der Waals surface area contributed by atoms with Crippen molar-refractivity contribution in [3.8, 4) is 6.07 Å². The maximum absolute atomic E-state index is 10.9. The summed E-state index contributed by atoms with van der Waals surface area (Å²) in [5.41, 5.74) is 0.876. The second kappa shape index (κ2) is 6.64. The van der Waals surface area contributed by atoms with Crippen molar-refractivity contribution in [2.24, 2.45) is 0 Å². The SMILES string of the molecule is CCc1ccc(CNc2cc(C#N)c3cc([N+](=O)[O-])ccc3n2)s1. The molecule has 6 nitrogen and oxygen atoms in total. The van der Waals surface area contributed by atoms with Crippen molar-refractivity contribution in [2.75, 3.05) is 5.32 Å². The van der Waals surface area contributed by atoms with E-state index < -0.39 is 4.92 Å². The molecule has 0 aliphatic heterocycles. The molecule has 0 fully saturated rings. The van der Waals surface area contributed by atoms with Crippen LogP contribution in [-0.4, -0.2) is 9.91 Å². The third-order valence-corrected chi connectivity index (χ3v) is 4.86. The molecule has 120 valence electrons. The number of thiophene rings is 1. The Balaban J connectivity index is 1.90. The van der Waals surface area contributed by atoms with Gasteiger partial charge in [0.2, 0.25) is 0 Å². The van der Waals surface area contributed by atoms with Gasteiger partial charge < -0.3 is 5.32 Å². The number of aryl methyl sites for hydroxylation is 1. The van der Waals surface area contributed by atoms with Crippen molar-refractivity contribution in [2.45, 2.75) is 19.9 Å². The highest BCUT2D eigenvalue weighted by molar-refractivity contribution is 7.12. The Kier molecular flexibility index (Phi) is 4.40. The molecule has 1 N–H and O–H groups in total. The predicted molar refractivity (Wildman–Crippen MR) is 94.1 cm³/mol. The van der Waals surface area contributed by atoms with Crippen LogP contribution in [0.3, 0.4) is 0 Å². The minimum absolute atomic E-state index is 0.0489. The smallest absolute Gasteiger partial charge is 0.270 e. The molecule has 2 heterocycles. The molecule has 0 bridgehead atoms. The normalized spacial score (nSPS) is 10.5. The Hall–Kier alpha value is -2.98. The van der Waals surface area contributed by atoms with Crippen LogP contribution in [0.5, 0.6) is 0 Å². The zero-order valence-electron chi connectivity index (χ0n) is 12.9. The lowest BCUT2D eigenvalue weighted by Gasteiger charge is -2.07. The molecule has 2 aromatic heterocycles. The number of benzene rings is 1. The highest BCUT2D eigenvalue weighted by atomic mass is 32.1.